The number of aryl methyl sites for hydroxylation is 1. The van der Waals surface area contributed by atoms with Crippen molar-refractivity contribution in [1.82, 2.24) is 10.6 Å². The number of aliphatic hydroxyl groups is 1. The second-order valence-electron chi connectivity index (χ2n) is 5.41. The van der Waals surface area contributed by atoms with Gasteiger partial charge in [-0.05, 0) is 38.3 Å². The van der Waals surface area contributed by atoms with Crippen molar-refractivity contribution in [3.63, 3.8) is 0 Å². The third-order valence-corrected chi connectivity index (χ3v) is 3.59. The molecule has 3 N–H and O–H groups in total. The Morgan fingerprint density at radius 2 is 2.05 bits per heavy atom. The molecule has 1 saturated carbocycles. The topological polar surface area (TPSA) is 78.4 Å². The van der Waals surface area contributed by atoms with Crippen molar-refractivity contribution in [2.45, 2.75) is 31.8 Å². The molecular formula is C15H20N2O3. The van der Waals surface area contributed by atoms with Gasteiger partial charge >= 0.3 is 0 Å². The van der Waals surface area contributed by atoms with E-state index in [0.29, 0.717) is 5.56 Å². The van der Waals surface area contributed by atoms with Gasteiger partial charge in [0.25, 0.3) is 5.91 Å². The summed E-state index contributed by atoms with van der Waals surface area (Å²) in [5.41, 5.74) is 0.792. The highest BCUT2D eigenvalue weighted by Crippen LogP contribution is 2.30. The summed E-state index contributed by atoms with van der Waals surface area (Å²) in [4.78, 5) is 23.4. The van der Waals surface area contributed by atoms with Gasteiger partial charge in [0, 0.05) is 12.1 Å². The van der Waals surface area contributed by atoms with E-state index in [-0.39, 0.29) is 24.9 Å². The molecule has 2 amide bonds. The van der Waals surface area contributed by atoms with Crippen LogP contribution in [-0.2, 0) is 4.79 Å². The zero-order valence-electron chi connectivity index (χ0n) is 11.6. The minimum absolute atomic E-state index is 0.0805. The van der Waals surface area contributed by atoms with E-state index in [1.54, 1.807) is 18.2 Å². The van der Waals surface area contributed by atoms with Crippen LogP contribution in [-0.4, -0.2) is 35.6 Å². The summed E-state index contributed by atoms with van der Waals surface area (Å²) in [5.74, 6) is -0.558. The van der Waals surface area contributed by atoms with Gasteiger partial charge in [0.1, 0.15) is 0 Å². The van der Waals surface area contributed by atoms with Crippen LogP contribution < -0.4 is 10.6 Å². The van der Waals surface area contributed by atoms with Crippen molar-refractivity contribution in [1.29, 1.82) is 0 Å². The van der Waals surface area contributed by atoms with Crippen LogP contribution in [0.15, 0.2) is 24.3 Å². The van der Waals surface area contributed by atoms with Crippen molar-refractivity contribution in [3.05, 3.63) is 35.4 Å². The zero-order valence-corrected chi connectivity index (χ0v) is 11.6. The number of hydrogen-bond donors (Lipinski definition) is 3. The predicted molar refractivity (Wildman–Crippen MR) is 75.3 cm³/mol. The van der Waals surface area contributed by atoms with E-state index in [1.165, 1.54) is 0 Å². The lowest BCUT2D eigenvalue weighted by Gasteiger charge is -2.36. The Morgan fingerprint density at radius 1 is 1.30 bits per heavy atom. The lowest BCUT2D eigenvalue weighted by atomic mass is 9.80. The minimum atomic E-state index is -0.740. The Hall–Kier alpha value is -1.88. The number of rotatable bonds is 5. The first-order valence-corrected chi connectivity index (χ1v) is 6.82. The summed E-state index contributed by atoms with van der Waals surface area (Å²) in [7, 11) is 0. The van der Waals surface area contributed by atoms with Gasteiger partial charge in [0.05, 0.1) is 12.1 Å². The van der Waals surface area contributed by atoms with Crippen LogP contribution >= 0.6 is 0 Å². The number of amides is 2. The van der Waals surface area contributed by atoms with Crippen molar-refractivity contribution in [3.8, 4) is 0 Å². The second kappa shape index (κ2) is 6.05. The average Bonchev–Trinajstić information content (AvgIpc) is 2.40. The minimum Gasteiger partial charge on any atom is -0.388 e. The van der Waals surface area contributed by atoms with Gasteiger partial charge < -0.3 is 15.7 Å². The Morgan fingerprint density at radius 3 is 2.65 bits per heavy atom. The fourth-order valence-corrected chi connectivity index (χ4v) is 2.14. The highest BCUT2D eigenvalue weighted by Gasteiger charge is 2.34. The molecule has 0 aliphatic heterocycles. The predicted octanol–water partition coefficient (Wildman–Crippen LogP) is 0.756. The number of carbonyl (C=O) groups excluding carboxylic acids is 2. The Labute approximate surface area is 118 Å². The van der Waals surface area contributed by atoms with Gasteiger partial charge in [0.15, 0.2) is 0 Å². The molecule has 0 unspecified atom stereocenters. The summed E-state index contributed by atoms with van der Waals surface area (Å²) < 4.78 is 0. The van der Waals surface area contributed by atoms with E-state index in [1.807, 2.05) is 13.0 Å². The summed E-state index contributed by atoms with van der Waals surface area (Å²) in [6, 6.07) is 7.18. The Bertz CT molecular complexity index is 510. The first kappa shape index (κ1) is 14.5. The molecule has 5 heteroatoms. The quantitative estimate of drug-likeness (QED) is 0.743. The smallest absolute Gasteiger partial charge is 0.251 e. The number of hydrogen-bond acceptors (Lipinski definition) is 3. The molecule has 1 fully saturated rings. The van der Waals surface area contributed by atoms with Crippen LogP contribution in [0.5, 0.6) is 0 Å². The van der Waals surface area contributed by atoms with Crippen LogP contribution in [0.3, 0.4) is 0 Å². The Balaban J connectivity index is 1.74. The lowest BCUT2D eigenvalue weighted by molar-refractivity contribution is -0.122. The fourth-order valence-electron chi connectivity index (χ4n) is 2.14. The SMILES string of the molecule is Cc1cccc(C(=O)NCC(=O)NCC2(O)CCC2)c1. The van der Waals surface area contributed by atoms with E-state index < -0.39 is 5.60 Å². The molecule has 1 aliphatic rings. The van der Waals surface area contributed by atoms with Gasteiger partial charge in [-0.1, -0.05) is 17.7 Å². The molecule has 20 heavy (non-hydrogen) atoms. The monoisotopic (exact) mass is 276 g/mol. The van der Waals surface area contributed by atoms with Gasteiger partial charge in [-0.15, -0.1) is 0 Å². The van der Waals surface area contributed by atoms with Gasteiger partial charge in [-0.3, -0.25) is 9.59 Å². The molecule has 0 heterocycles. The standard InChI is InChI=1S/C15H20N2O3/c1-11-4-2-5-12(8-11)14(19)16-9-13(18)17-10-15(20)6-3-7-15/h2,4-5,8,20H,3,6-7,9-10H2,1H3,(H,16,19)(H,17,18). The molecule has 0 saturated heterocycles. The van der Waals surface area contributed by atoms with E-state index in [4.69, 9.17) is 0 Å². The van der Waals surface area contributed by atoms with Crippen LogP contribution in [0.2, 0.25) is 0 Å². The molecule has 0 atom stereocenters. The highest BCUT2D eigenvalue weighted by atomic mass is 16.3. The van der Waals surface area contributed by atoms with Crippen LogP contribution in [0.25, 0.3) is 0 Å². The molecule has 1 aromatic carbocycles. The molecule has 1 aliphatic carbocycles. The van der Waals surface area contributed by atoms with Crippen molar-refractivity contribution < 1.29 is 14.7 Å². The molecule has 0 radical (unpaired) electrons. The average molecular weight is 276 g/mol. The summed E-state index contributed by atoms with van der Waals surface area (Å²) in [6.07, 6.45) is 2.45. The maximum absolute atomic E-state index is 11.8. The maximum Gasteiger partial charge on any atom is 0.251 e. The maximum atomic E-state index is 11.8. The number of benzene rings is 1. The van der Waals surface area contributed by atoms with Gasteiger partial charge in [0.2, 0.25) is 5.91 Å². The molecule has 5 nitrogen and oxygen atoms in total. The van der Waals surface area contributed by atoms with Gasteiger partial charge in [-0.2, -0.15) is 0 Å². The highest BCUT2D eigenvalue weighted by molar-refractivity contribution is 5.96. The van der Waals surface area contributed by atoms with E-state index in [0.717, 1.165) is 24.8 Å². The Kier molecular flexibility index (Phi) is 4.39. The van der Waals surface area contributed by atoms with Crippen molar-refractivity contribution >= 4 is 11.8 Å². The first-order valence-electron chi connectivity index (χ1n) is 6.82. The lowest BCUT2D eigenvalue weighted by Crippen LogP contribution is -2.49. The van der Waals surface area contributed by atoms with Crippen molar-refractivity contribution in [2.24, 2.45) is 0 Å². The molecule has 108 valence electrons. The third kappa shape index (κ3) is 3.81. The molecular weight excluding hydrogens is 256 g/mol. The van der Waals surface area contributed by atoms with E-state index in [2.05, 4.69) is 10.6 Å². The molecule has 0 aromatic heterocycles. The fraction of sp³-hybridized carbons (Fsp3) is 0.467. The molecule has 0 bridgehead atoms. The van der Waals surface area contributed by atoms with E-state index >= 15 is 0 Å². The van der Waals surface area contributed by atoms with Crippen molar-refractivity contribution in [2.75, 3.05) is 13.1 Å². The summed E-state index contributed by atoms with van der Waals surface area (Å²) in [6.45, 7) is 2.08. The van der Waals surface area contributed by atoms with Crippen LogP contribution in [0, 0.1) is 6.92 Å². The summed E-state index contributed by atoms with van der Waals surface area (Å²) >= 11 is 0. The largest absolute Gasteiger partial charge is 0.388 e. The number of nitrogens with one attached hydrogen (secondary N) is 2. The first-order chi connectivity index (χ1) is 9.48. The molecule has 0 spiro atoms. The molecule has 2 rings (SSSR count). The van der Waals surface area contributed by atoms with Crippen LogP contribution in [0.1, 0.15) is 35.2 Å². The molecule has 1 aromatic rings. The number of carbonyl (C=O) groups is 2. The van der Waals surface area contributed by atoms with E-state index in [9.17, 15) is 14.7 Å². The second-order valence-corrected chi connectivity index (χ2v) is 5.41. The normalized spacial score (nSPS) is 16.1. The summed E-state index contributed by atoms with van der Waals surface area (Å²) in [5, 5.41) is 15.0. The zero-order chi connectivity index (χ0) is 14.6. The third-order valence-electron chi connectivity index (χ3n) is 3.59. The van der Waals surface area contributed by atoms with Crippen LogP contribution in [0.4, 0.5) is 0 Å². The van der Waals surface area contributed by atoms with Gasteiger partial charge in [-0.25, -0.2) is 0 Å².